The van der Waals surface area contributed by atoms with Gasteiger partial charge in [0.25, 0.3) is 5.91 Å². The molecule has 30 heavy (non-hydrogen) atoms. The quantitative estimate of drug-likeness (QED) is 0.717. The minimum atomic E-state index is -3.58. The predicted molar refractivity (Wildman–Crippen MR) is 110 cm³/mol. The number of piperazine rings is 1. The van der Waals surface area contributed by atoms with Gasteiger partial charge in [-0.1, -0.05) is 32.1 Å². The van der Waals surface area contributed by atoms with Crippen LogP contribution < -0.4 is 5.32 Å². The van der Waals surface area contributed by atoms with Gasteiger partial charge in [-0.05, 0) is 25.0 Å². The molecule has 3 aliphatic rings. The molecule has 164 valence electrons. The molecule has 0 radical (unpaired) electrons. The van der Waals surface area contributed by atoms with Gasteiger partial charge in [0.1, 0.15) is 10.4 Å². The van der Waals surface area contributed by atoms with Crippen molar-refractivity contribution in [3.8, 4) is 0 Å². The fraction of sp³-hybridized carbons (Fsp3) is 0.650. The number of imide groups is 1. The molecule has 4 rings (SSSR count). The van der Waals surface area contributed by atoms with E-state index in [1.807, 2.05) is 4.90 Å². The summed E-state index contributed by atoms with van der Waals surface area (Å²) >= 11 is 0. The zero-order valence-corrected chi connectivity index (χ0v) is 17.9. The Hall–Kier alpha value is -2.04. The van der Waals surface area contributed by atoms with Crippen LogP contribution in [0.2, 0.25) is 0 Å². The summed E-state index contributed by atoms with van der Waals surface area (Å²) in [6.45, 7) is 1.75. The van der Waals surface area contributed by atoms with Crippen molar-refractivity contribution in [3.63, 3.8) is 0 Å². The SMILES string of the molecule is O=C1NC2(CCCCCCC2)C(=O)N1CN1CCN(S(=O)(=O)c2cccnc2)CC1. The van der Waals surface area contributed by atoms with Crippen LogP contribution in [0.3, 0.4) is 0 Å². The first-order chi connectivity index (χ1) is 14.4. The molecule has 0 atom stereocenters. The number of carbonyl (C=O) groups excluding carboxylic acids is 2. The average molecular weight is 436 g/mol. The number of amides is 3. The molecule has 2 saturated heterocycles. The number of aromatic nitrogens is 1. The molecule has 1 spiro atoms. The van der Waals surface area contributed by atoms with Crippen molar-refractivity contribution in [2.45, 2.75) is 55.4 Å². The van der Waals surface area contributed by atoms with E-state index in [0.29, 0.717) is 39.0 Å². The highest BCUT2D eigenvalue weighted by atomic mass is 32.2. The number of sulfonamides is 1. The Morgan fingerprint density at radius 2 is 1.67 bits per heavy atom. The molecule has 1 saturated carbocycles. The Morgan fingerprint density at radius 1 is 1.00 bits per heavy atom. The van der Waals surface area contributed by atoms with Crippen LogP contribution in [0.4, 0.5) is 4.79 Å². The van der Waals surface area contributed by atoms with Crippen LogP contribution in [-0.4, -0.2) is 77.8 Å². The topological polar surface area (TPSA) is 103 Å². The number of rotatable bonds is 4. The summed E-state index contributed by atoms with van der Waals surface area (Å²) in [5.41, 5.74) is -0.747. The van der Waals surface area contributed by atoms with Crippen molar-refractivity contribution in [1.29, 1.82) is 0 Å². The summed E-state index contributed by atoms with van der Waals surface area (Å²) in [6.07, 6.45) is 9.57. The summed E-state index contributed by atoms with van der Waals surface area (Å²) < 4.78 is 26.9. The Morgan fingerprint density at radius 3 is 2.30 bits per heavy atom. The second-order valence-electron chi connectivity index (χ2n) is 8.37. The second-order valence-corrected chi connectivity index (χ2v) is 10.3. The highest BCUT2D eigenvalue weighted by Crippen LogP contribution is 2.32. The first kappa shape index (κ1) is 21.2. The van der Waals surface area contributed by atoms with Crippen LogP contribution in [0.15, 0.2) is 29.4 Å². The highest BCUT2D eigenvalue weighted by Gasteiger charge is 2.50. The van der Waals surface area contributed by atoms with Crippen LogP contribution in [0.5, 0.6) is 0 Å². The van der Waals surface area contributed by atoms with Gasteiger partial charge in [0.15, 0.2) is 0 Å². The molecule has 1 N–H and O–H groups in total. The van der Waals surface area contributed by atoms with E-state index in [-0.39, 0.29) is 23.5 Å². The van der Waals surface area contributed by atoms with Crippen molar-refractivity contribution >= 4 is 22.0 Å². The van der Waals surface area contributed by atoms with Crippen molar-refractivity contribution < 1.29 is 18.0 Å². The van der Waals surface area contributed by atoms with Gasteiger partial charge in [-0.15, -0.1) is 0 Å². The van der Waals surface area contributed by atoms with Crippen LogP contribution in [-0.2, 0) is 14.8 Å². The van der Waals surface area contributed by atoms with E-state index in [1.54, 1.807) is 6.07 Å². The van der Waals surface area contributed by atoms with Gasteiger partial charge in [-0.25, -0.2) is 18.1 Å². The van der Waals surface area contributed by atoms with Gasteiger partial charge in [0, 0.05) is 38.6 Å². The third-order valence-electron chi connectivity index (χ3n) is 6.40. The second kappa shape index (κ2) is 8.60. The summed E-state index contributed by atoms with van der Waals surface area (Å²) in [5, 5.41) is 2.98. The van der Waals surface area contributed by atoms with Crippen LogP contribution in [0.25, 0.3) is 0 Å². The van der Waals surface area contributed by atoms with E-state index in [9.17, 15) is 18.0 Å². The normalized spacial score (nSPS) is 23.9. The molecule has 3 heterocycles. The smallest absolute Gasteiger partial charge is 0.323 e. The van der Waals surface area contributed by atoms with Crippen molar-refractivity contribution in [3.05, 3.63) is 24.5 Å². The third kappa shape index (κ3) is 4.08. The van der Waals surface area contributed by atoms with Crippen molar-refractivity contribution in [1.82, 2.24) is 24.4 Å². The number of urea groups is 1. The molecule has 9 nitrogen and oxygen atoms in total. The van der Waals surface area contributed by atoms with Crippen LogP contribution in [0, 0.1) is 0 Å². The van der Waals surface area contributed by atoms with Crippen molar-refractivity contribution in [2.24, 2.45) is 0 Å². The minimum Gasteiger partial charge on any atom is -0.323 e. The number of pyridine rings is 1. The lowest BCUT2D eigenvalue weighted by Crippen LogP contribution is -2.53. The average Bonchev–Trinajstić information content (AvgIpc) is 2.97. The van der Waals surface area contributed by atoms with Gasteiger partial charge < -0.3 is 5.32 Å². The van der Waals surface area contributed by atoms with E-state index in [2.05, 4.69) is 10.3 Å². The maximum Gasteiger partial charge on any atom is 0.326 e. The summed E-state index contributed by atoms with van der Waals surface area (Å²) in [7, 11) is -3.58. The zero-order chi connectivity index (χ0) is 21.2. The molecular formula is C20H29N5O4S. The van der Waals surface area contributed by atoms with Crippen LogP contribution >= 0.6 is 0 Å². The molecule has 0 bridgehead atoms. The summed E-state index contributed by atoms with van der Waals surface area (Å²) in [5.74, 6) is -0.125. The number of hydrogen-bond donors (Lipinski definition) is 1. The fourth-order valence-electron chi connectivity index (χ4n) is 4.61. The fourth-order valence-corrected chi connectivity index (χ4v) is 6.00. The monoisotopic (exact) mass is 435 g/mol. The van der Waals surface area contributed by atoms with E-state index in [4.69, 9.17) is 0 Å². The van der Waals surface area contributed by atoms with E-state index < -0.39 is 15.6 Å². The van der Waals surface area contributed by atoms with E-state index >= 15 is 0 Å². The largest absolute Gasteiger partial charge is 0.326 e. The number of hydrogen-bond acceptors (Lipinski definition) is 6. The molecule has 3 amide bonds. The summed E-state index contributed by atoms with van der Waals surface area (Å²) in [6, 6.07) is 2.81. The molecule has 2 aliphatic heterocycles. The van der Waals surface area contributed by atoms with E-state index in [0.717, 1.165) is 25.7 Å². The predicted octanol–water partition coefficient (Wildman–Crippen LogP) is 1.38. The molecule has 0 unspecified atom stereocenters. The van der Waals surface area contributed by atoms with Gasteiger partial charge in [0.05, 0.1) is 6.67 Å². The molecule has 10 heteroatoms. The lowest BCUT2D eigenvalue weighted by atomic mass is 9.84. The highest BCUT2D eigenvalue weighted by molar-refractivity contribution is 7.89. The van der Waals surface area contributed by atoms with Gasteiger partial charge >= 0.3 is 6.03 Å². The molecular weight excluding hydrogens is 406 g/mol. The first-order valence-electron chi connectivity index (χ1n) is 10.7. The Bertz CT molecular complexity index is 876. The molecule has 1 aromatic heterocycles. The van der Waals surface area contributed by atoms with Gasteiger partial charge in [-0.2, -0.15) is 4.31 Å². The standard InChI is InChI=1S/C20H29N5O4S/c26-18-20(8-4-2-1-3-5-9-20)22-19(27)25(18)16-23-11-13-24(14-12-23)30(28,29)17-7-6-10-21-15-17/h6-7,10,15H,1-5,8-9,11-14,16H2,(H,22,27). The summed E-state index contributed by atoms with van der Waals surface area (Å²) in [4.78, 5) is 33.1. The van der Waals surface area contributed by atoms with Gasteiger partial charge in [-0.3, -0.25) is 14.7 Å². The maximum atomic E-state index is 13.1. The minimum absolute atomic E-state index is 0.125. The third-order valence-corrected chi connectivity index (χ3v) is 8.28. The number of carbonyl (C=O) groups is 2. The van der Waals surface area contributed by atoms with Gasteiger partial charge in [0.2, 0.25) is 10.0 Å². The Kier molecular flexibility index (Phi) is 6.08. The van der Waals surface area contributed by atoms with Crippen molar-refractivity contribution in [2.75, 3.05) is 32.8 Å². The number of nitrogens with zero attached hydrogens (tertiary/aromatic N) is 4. The van der Waals surface area contributed by atoms with Crippen LogP contribution in [0.1, 0.15) is 44.9 Å². The molecule has 1 aromatic rings. The zero-order valence-electron chi connectivity index (χ0n) is 17.1. The van der Waals surface area contributed by atoms with E-state index in [1.165, 1.54) is 34.1 Å². The molecule has 0 aromatic carbocycles. The number of nitrogens with one attached hydrogen (secondary N) is 1. The lowest BCUT2D eigenvalue weighted by Gasteiger charge is -2.35. The molecule has 3 fully saturated rings. The lowest BCUT2D eigenvalue weighted by molar-refractivity contribution is -0.133. The first-order valence-corrected chi connectivity index (χ1v) is 12.1. The Balaban J connectivity index is 1.37. The molecule has 1 aliphatic carbocycles. The maximum absolute atomic E-state index is 13.1. The Labute approximate surface area is 177 Å².